The molecule has 0 spiro atoms. The number of rotatable bonds is 4. The van der Waals surface area contributed by atoms with E-state index in [1.807, 2.05) is 0 Å². The van der Waals surface area contributed by atoms with Gasteiger partial charge in [0.15, 0.2) is 0 Å². The first kappa shape index (κ1) is 12.8. The van der Waals surface area contributed by atoms with Crippen molar-refractivity contribution >= 4 is 0 Å². The molecule has 86 valence electrons. The summed E-state index contributed by atoms with van der Waals surface area (Å²) >= 11 is 0. The number of hydrogen-bond donors (Lipinski definition) is 1. The van der Waals surface area contributed by atoms with E-state index in [0.29, 0.717) is 6.54 Å². The lowest BCUT2D eigenvalue weighted by molar-refractivity contribution is 0.327. The summed E-state index contributed by atoms with van der Waals surface area (Å²) in [4.78, 5) is 2.32. The fourth-order valence-corrected chi connectivity index (χ4v) is 1.62. The average Bonchev–Trinajstić information content (AvgIpc) is 2.28. The SMILES string of the molecule is CCCN(C)Cc1ccc(C#CCN)cc1. The summed E-state index contributed by atoms with van der Waals surface area (Å²) in [5.74, 6) is 5.87. The second kappa shape index (κ2) is 7.05. The fourth-order valence-electron chi connectivity index (χ4n) is 1.62. The van der Waals surface area contributed by atoms with E-state index in [2.05, 4.69) is 55.0 Å². The molecule has 0 aliphatic heterocycles. The molecule has 0 aliphatic rings. The van der Waals surface area contributed by atoms with E-state index in [1.54, 1.807) is 0 Å². The second-order valence-electron chi connectivity index (χ2n) is 3.94. The van der Waals surface area contributed by atoms with Gasteiger partial charge in [0.2, 0.25) is 0 Å². The first-order chi connectivity index (χ1) is 7.76. The Kier molecular flexibility index (Phi) is 5.63. The first-order valence-corrected chi connectivity index (χ1v) is 5.72. The minimum atomic E-state index is 0.418. The summed E-state index contributed by atoms with van der Waals surface area (Å²) in [5, 5.41) is 0. The Bertz CT molecular complexity index is 357. The number of nitrogens with zero attached hydrogens (tertiary/aromatic N) is 1. The number of benzene rings is 1. The maximum Gasteiger partial charge on any atom is 0.0555 e. The molecule has 16 heavy (non-hydrogen) atoms. The van der Waals surface area contributed by atoms with Crippen LogP contribution >= 0.6 is 0 Å². The minimum absolute atomic E-state index is 0.418. The molecule has 0 atom stereocenters. The Balaban J connectivity index is 2.57. The largest absolute Gasteiger partial charge is 0.320 e. The molecule has 2 nitrogen and oxygen atoms in total. The maximum absolute atomic E-state index is 5.33. The van der Waals surface area contributed by atoms with Crippen LogP contribution in [0.5, 0.6) is 0 Å². The molecule has 0 fully saturated rings. The van der Waals surface area contributed by atoms with E-state index < -0.39 is 0 Å². The van der Waals surface area contributed by atoms with Crippen molar-refractivity contribution in [1.29, 1.82) is 0 Å². The van der Waals surface area contributed by atoms with Gasteiger partial charge in [-0.2, -0.15) is 0 Å². The van der Waals surface area contributed by atoms with E-state index in [1.165, 1.54) is 12.0 Å². The van der Waals surface area contributed by atoms with Crippen LogP contribution < -0.4 is 5.73 Å². The molecule has 0 aliphatic carbocycles. The zero-order valence-electron chi connectivity index (χ0n) is 10.2. The third-order valence-corrected chi connectivity index (χ3v) is 2.35. The molecule has 1 aromatic rings. The molecule has 0 heterocycles. The van der Waals surface area contributed by atoms with Gasteiger partial charge < -0.3 is 10.6 Å². The molecule has 0 saturated carbocycles. The van der Waals surface area contributed by atoms with Gasteiger partial charge in [0.25, 0.3) is 0 Å². The molecule has 2 N–H and O–H groups in total. The summed E-state index contributed by atoms with van der Waals surface area (Å²) in [7, 11) is 2.14. The van der Waals surface area contributed by atoms with Crippen LogP contribution in [0.3, 0.4) is 0 Å². The molecule has 0 unspecified atom stereocenters. The predicted molar refractivity (Wildman–Crippen MR) is 69.0 cm³/mol. The molecular formula is C14H20N2. The highest BCUT2D eigenvalue weighted by Crippen LogP contribution is 2.06. The van der Waals surface area contributed by atoms with E-state index >= 15 is 0 Å². The van der Waals surface area contributed by atoms with Crippen LogP contribution in [0.25, 0.3) is 0 Å². The smallest absolute Gasteiger partial charge is 0.0555 e. The summed E-state index contributed by atoms with van der Waals surface area (Å²) < 4.78 is 0. The summed E-state index contributed by atoms with van der Waals surface area (Å²) in [6.07, 6.45) is 1.19. The molecule has 0 aromatic heterocycles. The Hall–Kier alpha value is -1.30. The maximum atomic E-state index is 5.33. The van der Waals surface area contributed by atoms with Gasteiger partial charge in [0, 0.05) is 12.1 Å². The standard InChI is InChI=1S/C14H20N2/c1-3-11-16(2)12-14-8-6-13(7-9-14)5-4-10-15/h6-9H,3,10-12,15H2,1-2H3. The highest BCUT2D eigenvalue weighted by atomic mass is 15.1. The van der Waals surface area contributed by atoms with E-state index in [-0.39, 0.29) is 0 Å². The third-order valence-electron chi connectivity index (χ3n) is 2.35. The average molecular weight is 216 g/mol. The minimum Gasteiger partial charge on any atom is -0.320 e. The van der Waals surface area contributed by atoms with Crippen molar-refractivity contribution in [2.75, 3.05) is 20.1 Å². The van der Waals surface area contributed by atoms with Crippen molar-refractivity contribution in [2.24, 2.45) is 5.73 Å². The lowest BCUT2D eigenvalue weighted by atomic mass is 10.1. The van der Waals surface area contributed by atoms with Gasteiger partial charge >= 0.3 is 0 Å². The van der Waals surface area contributed by atoms with Crippen LogP contribution in [0.4, 0.5) is 0 Å². The Labute approximate surface area is 98.4 Å². The van der Waals surface area contributed by atoms with E-state index in [0.717, 1.165) is 18.7 Å². The first-order valence-electron chi connectivity index (χ1n) is 5.72. The van der Waals surface area contributed by atoms with Crippen molar-refractivity contribution in [3.8, 4) is 11.8 Å². The van der Waals surface area contributed by atoms with Gasteiger partial charge in [-0.05, 0) is 37.7 Å². The van der Waals surface area contributed by atoms with Crippen LogP contribution in [0.1, 0.15) is 24.5 Å². The Morgan fingerprint density at radius 2 is 1.94 bits per heavy atom. The molecule has 0 bridgehead atoms. The summed E-state index contributed by atoms with van der Waals surface area (Å²) in [6.45, 7) is 4.75. The Morgan fingerprint density at radius 1 is 1.25 bits per heavy atom. The van der Waals surface area contributed by atoms with E-state index in [4.69, 9.17) is 5.73 Å². The lowest BCUT2D eigenvalue weighted by Crippen LogP contribution is -2.18. The van der Waals surface area contributed by atoms with Crippen molar-refractivity contribution < 1.29 is 0 Å². The van der Waals surface area contributed by atoms with Gasteiger partial charge in [0.05, 0.1) is 6.54 Å². The highest BCUT2D eigenvalue weighted by Gasteiger charge is 1.98. The predicted octanol–water partition coefficient (Wildman–Crippen LogP) is 1.84. The zero-order valence-corrected chi connectivity index (χ0v) is 10.2. The van der Waals surface area contributed by atoms with Gasteiger partial charge in [-0.25, -0.2) is 0 Å². The van der Waals surface area contributed by atoms with Crippen molar-refractivity contribution in [1.82, 2.24) is 4.90 Å². The molecule has 0 amide bonds. The third kappa shape index (κ3) is 4.48. The van der Waals surface area contributed by atoms with Crippen molar-refractivity contribution in [3.63, 3.8) is 0 Å². The molecule has 1 aromatic carbocycles. The monoisotopic (exact) mass is 216 g/mol. The van der Waals surface area contributed by atoms with Gasteiger partial charge in [-0.15, -0.1) is 0 Å². The van der Waals surface area contributed by atoms with Crippen LogP contribution in [0.15, 0.2) is 24.3 Å². The Morgan fingerprint density at radius 3 is 2.50 bits per heavy atom. The number of nitrogens with two attached hydrogens (primary N) is 1. The summed E-state index contributed by atoms with van der Waals surface area (Å²) in [6, 6.07) is 8.37. The van der Waals surface area contributed by atoms with Gasteiger partial charge in [-0.3, -0.25) is 0 Å². The molecule has 1 rings (SSSR count). The van der Waals surface area contributed by atoms with Crippen LogP contribution in [-0.2, 0) is 6.54 Å². The quantitative estimate of drug-likeness (QED) is 0.778. The highest BCUT2D eigenvalue weighted by molar-refractivity contribution is 5.36. The fraction of sp³-hybridized carbons (Fsp3) is 0.429. The van der Waals surface area contributed by atoms with Crippen LogP contribution in [-0.4, -0.2) is 25.0 Å². The topological polar surface area (TPSA) is 29.3 Å². The van der Waals surface area contributed by atoms with Crippen molar-refractivity contribution in [2.45, 2.75) is 19.9 Å². The number of hydrogen-bond acceptors (Lipinski definition) is 2. The zero-order chi connectivity index (χ0) is 11.8. The lowest BCUT2D eigenvalue weighted by Gasteiger charge is -2.15. The van der Waals surface area contributed by atoms with Gasteiger partial charge in [-0.1, -0.05) is 30.9 Å². The van der Waals surface area contributed by atoms with Crippen LogP contribution in [0.2, 0.25) is 0 Å². The van der Waals surface area contributed by atoms with Crippen LogP contribution in [0, 0.1) is 11.8 Å². The molecule has 2 heteroatoms. The molecule has 0 radical (unpaired) electrons. The molecular weight excluding hydrogens is 196 g/mol. The molecule has 0 saturated heterocycles. The summed E-state index contributed by atoms with van der Waals surface area (Å²) in [5.41, 5.74) is 7.69. The normalized spacial score (nSPS) is 10.0. The van der Waals surface area contributed by atoms with Crippen molar-refractivity contribution in [3.05, 3.63) is 35.4 Å². The van der Waals surface area contributed by atoms with E-state index in [9.17, 15) is 0 Å². The second-order valence-corrected chi connectivity index (χ2v) is 3.94. The van der Waals surface area contributed by atoms with Gasteiger partial charge in [0.1, 0.15) is 0 Å².